The Morgan fingerprint density at radius 1 is 1.06 bits per heavy atom. The van der Waals surface area contributed by atoms with E-state index < -0.39 is 12.1 Å². The second-order valence-corrected chi connectivity index (χ2v) is 8.64. The fourth-order valence-corrected chi connectivity index (χ4v) is 4.29. The van der Waals surface area contributed by atoms with Crippen LogP contribution >= 0.6 is 0 Å². The lowest BCUT2D eigenvalue weighted by Crippen LogP contribution is -2.40. The number of fused-ring (bicyclic) bond motifs is 1. The zero-order valence-corrected chi connectivity index (χ0v) is 18.1. The number of alkyl halides is 3. The topological polar surface area (TPSA) is 81.9 Å². The summed E-state index contributed by atoms with van der Waals surface area (Å²) in [7, 11) is 1.85. The Morgan fingerprint density at radius 2 is 1.81 bits per heavy atom. The van der Waals surface area contributed by atoms with E-state index in [1.807, 2.05) is 32.0 Å². The first-order valence-corrected chi connectivity index (χ1v) is 10.6. The Balaban J connectivity index is 1.50. The molecule has 2 fully saturated rings. The lowest BCUT2D eigenvalue weighted by Gasteiger charge is -2.37. The van der Waals surface area contributed by atoms with Gasteiger partial charge in [-0.05, 0) is 26.7 Å². The summed E-state index contributed by atoms with van der Waals surface area (Å²) in [6.45, 7) is 5.26. The second kappa shape index (κ2) is 7.65. The van der Waals surface area contributed by atoms with Gasteiger partial charge in [0.25, 0.3) is 0 Å². The molecule has 5 rings (SSSR count). The van der Waals surface area contributed by atoms with Crippen molar-refractivity contribution in [1.82, 2.24) is 29.7 Å². The van der Waals surface area contributed by atoms with Crippen molar-refractivity contribution in [3.05, 3.63) is 35.0 Å². The molecule has 4 heterocycles. The number of rotatable bonds is 3. The third-order valence-corrected chi connectivity index (χ3v) is 6.39. The number of ether oxygens (including phenoxy) is 1. The fraction of sp³-hybridized carbons (Fsp3) is 0.571. The van der Waals surface area contributed by atoms with E-state index in [1.165, 1.54) is 0 Å². The van der Waals surface area contributed by atoms with Gasteiger partial charge in [0.05, 0.1) is 42.3 Å². The monoisotopic (exact) mass is 447 g/mol. The Bertz CT molecular complexity index is 1160. The van der Waals surface area contributed by atoms with E-state index in [0.29, 0.717) is 42.5 Å². The highest BCUT2D eigenvalue weighted by Crippen LogP contribution is 2.50. The summed E-state index contributed by atoms with van der Waals surface area (Å²) in [5, 5.41) is 4.21. The van der Waals surface area contributed by atoms with Gasteiger partial charge in [-0.1, -0.05) is 0 Å². The molecule has 0 amide bonds. The second-order valence-electron chi connectivity index (χ2n) is 8.64. The molecule has 1 atom stereocenters. The van der Waals surface area contributed by atoms with Crippen molar-refractivity contribution in [2.75, 3.05) is 24.6 Å². The van der Waals surface area contributed by atoms with Crippen LogP contribution in [-0.4, -0.2) is 55.6 Å². The van der Waals surface area contributed by atoms with Crippen molar-refractivity contribution < 1.29 is 17.9 Å². The van der Waals surface area contributed by atoms with Crippen LogP contribution in [0, 0.1) is 19.8 Å². The largest absolute Gasteiger partial charge is 0.391 e. The van der Waals surface area contributed by atoms with Crippen LogP contribution in [0.4, 0.5) is 19.1 Å². The van der Waals surface area contributed by atoms with Gasteiger partial charge >= 0.3 is 6.18 Å². The maximum absolute atomic E-state index is 13.1. The average molecular weight is 447 g/mol. The third-order valence-electron chi connectivity index (χ3n) is 6.39. The van der Waals surface area contributed by atoms with Gasteiger partial charge in [0.2, 0.25) is 5.95 Å². The van der Waals surface area contributed by atoms with Gasteiger partial charge in [-0.15, -0.1) is 0 Å². The number of nitrogens with zero attached hydrogens (tertiary/aromatic N) is 7. The Hall–Kier alpha value is -2.82. The van der Waals surface area contributed by atoms with E-state index >= 15 is 0 Å². The van der Waals surface area contributed by atoms with E-state index in [9.17, 15) is 13.2 Å². The maximum Gasteiger partial charge on any atom is 0.391 e. The Kier molecular flexibility index (Phi) is 5.03. The first-order valence-electron chi connectivity index (χ1n) is 10.6. The van der Waals surface area contributed by atoms with Gasteiger partial charge < -0.3 is 9.64 Å². The molecule has 1 aliphatic carbocycles. The van der Waals surface area contributed by atoms with Gasteiger partial charge in [-0.3, -0.25) is 4.68 Å². The van der Waals surface area contributed by atoms with Crippen molar-refractivity contribution in [3.8, 4) is 0 Å². The summed E-state index contributed by atoms with van der Waals surface area (Å²) < 4.78 is 46.9. The lowest BCUT2D eigenvalue weighted by atomic mass is 9.72. The molecule has 0 spiro atoms. The van der Waals surface area contributed by atoms with Crippen molar-refractivity contribution in [2.24, 2.45) is 13.0 Å². The molecule has 0 unspecified atom stereocenters. The van der Waals surface area contributed by atoms with Crippen LogP contribution in [0.25, 0.3) is 11.2 Å². The highest BCUT2D eigenvalue weighted by atomic mass is 19.4. The standard InChI is InChI=1S/C21H24F3N7O/c1-11-12(2)27-19-18(26-11)17(13-6-15(7-13)21(22,23)24)28-20(29-19)31-4-5-32-16(10-31)14-8-25-30(3)9-14/h8-9,13,15-16H,4-7,10H2,1-3H3/t13-,15+,16-/m0/s1. The first kappa shape index (κ1) is 21.0. The molecule has 11 heteroatoms. The average Bonchev–Trinajstić information content (AvgIpc) is 3.13. The van der Waals surface area contributed by atoms with E-state index in [4.69, 9.17) is 9.72 Å². The summed E-state index contributed by atoms with van der Waals surface area (Å²) in [6, 6.07) is 0. The number of hydrogen-bond acceptors (Lipinski definition) is 7. The highest BCUT2D eigenvalue weighted by Gasteiger charge is 2.49. The number of anilines is 1. The Labute approximate surface area is 182 Å². The maximum atomic E-state index is 13.1. The van der Waals surface area contributed by atoms with Crippen molar-refractivity contribution in [3.63, 3.8) is 0 Å². The van der Waals surface area contributed by atoms with E-state index in [2.05, 4.69) is 20.1 Å². The fourth-order valence-electron chi connectivity index (χ4n) is 4.29. The molecule has 0 aromatic carbocycles. The predicted octanol–water partition coefficient (Wildman–Crippen LogP) is 3.40. The summed E-state index contributed by atoms with van der Waals surface area (Å²) >= 11 is 0. The quantitative estimate of drug-likeness (QED) is 0.609. The molecular formula is C21H24F3N7O. The number of aryl methyl sites for hydroxylation is 3. The van der Waals surface area contributed by atoms with Crippen molar-refractivity contribution in [1.29, 1.82) is 0 Å². The van der Waals surface area contributed by atoms with E-state index in [-0.39, 0.29) is 24.9 Å². The molecule has 1 saturated carbocycles. The van der Waals surface area contributed by atoms with Crippen LogP contribution in [0.5, 0.6) is 0 Å². The summed E-state index contributed by atoms with van der Waals surface area (Å²) in [4.78, 5) is 20.5. The van der Waals surface area contributed by atoms with Crippen LogP contribution in [0.3, 0.4) is 0 Å². The molecule has 170 valence electrons. The van der Waals surface area contributed by atoms with E-state index in [0.717, 1.165) is 17.0 Å². The molecule has 0 N–H and O–H groups in total. The molecule has 3 aromatic rings. The van der Waals surface area contributed by atoms with Crippen LogP contribution in [0.2, 0.25) is 0 Å². The molecule has 2 aliphatic rings. The normalized spacial score (nSPS) is 24.1. The molecule has 1 saturated heterocycles. The number of aromatic nitrogens is 6. The molecule has 1 aliphatic heterocycles. The van der Waals surface area contributed by atoms with Crippen LogP contribution in [0.1, 0.15) is 47.5 Å². The van der Waals surface area contributed by atoms with Gasteiger partial charge in [0.15, 0.2) is 5.65 Å². The van der Waals surface area contributed by atoms with Crippen molar-refractivity contribution in [2.45, 2.75) is 44.9 Å². The van der Waals surface area contributed by atoms with Gasteiger partial charge in [-0.2, -0.15) is 23.3 Å². The minimum atomic E-state index is -4.18. The number of morpholine rings is 1. The van der Waals surface area contributed by atoms with Crippen LogP contribution in [0.15, 0.2) is 12.4 Å². The summed E-state index contributed by atoms with van der Waals surface area (Å²) in [5.74, 6) is -1.14. The zero-order valence-electron chi connectivity index (χ0n) is 18.1. The van der Waals surface area contributed by atoms with E-state index in [1.54, 1.807) is 10.9 Å². The van der Waals surface area contributed by atoms with Gasteiger partial charge in [0.1, 0.15) is 11.6 Å². The zero-order chi connectivity index (χ0) is 22.6. The van der Waals surface area contributed by atoms with Crippen LogP contribution < -0.4 is 4.90 Å². The van der Waals surface area contributed by atoms with Gasteiger partial charge in [-0.25, -0.2) is 15.0 Å². The smallest absolute Gasteiger partial charge is 0.370 e. The molecule has 32 heavy (non-hydrogen) atoms. The molecule has 3 aromatic heterocycles. The molecule has 0 radical (unpaired) electrons. The molecular weight excluding hydrogens is 423 g/mol. The number of hydrogen-bond donors (Lipinski definition) is 0. The van der Waals surface area contributed by atoms with Crippen molar-refractivity contribution >= 4 is 17.1 Å². The molecule has 8 nitrogen and oxygen atoms in total. The lowest BCUT2D eigenvalue weighted by molar-refractivity contribution is -0.197. The Morgan fingerprint density at radius 3 is 2.50 bits per heavy atom. The SMILES string of the molecule is Cc1nc2nc(N3CCO[C@H](c4cnn(C)c4)C3)nc([C@H]3C[C@@H](C(F)(F)F)C3)c2nc1C. The summed E-state index contributed by atoms with van der Waals surface area (Å²) in [6.07, 6.45) is -0.657. The predicted molar refractivity (Wildman–Crippen MR) is 110 cm³/mol. The minimum Gasteiger partial charge on any atom is -0.370 e. The first-order chi connectivity index (χ1) is 15.2. The minimum absolute atomic E-state index is 0.0189. The number of halogens is 3. The highest BCUT2D eigenvalue weighted by molar-refractivity contribution is 5.75. The summed E-state index contributed by atoms with van der Waals surface area (Å²) in [5.41, 5.74) is 3.91. The van der Waals surface area contributed by atoms with Gasteiger partial charge in [0, 0.05) is 31.3 Å². The molecule has 0 bridgehead atoms. The third kappa shape index (κ3) is 3.78. The van der Waals surface area contributed by atoms with Crippen LogP contribution in [-0.2, 0) is 11.8 Å².